The maximum Gasteiger partial charge on any atom is -0.0323 e. The summed E-state index contributed by atoms with van der Waals surface area (Å²) in [5.74, 6) is 4.29. The van der Waals surface area contributed by atoms with Gasteiger partial charge in [0.2, 0.25) is 0 Å². The summed E-state index contributed by atoms with van der Waals surface area (Å²) in [4.78, 5) is 0. The van der Waals surface area contributed by atoms with Crippen LogP contribution in [0.15, 0.2) is 0 Å². The molecule has 0 saturated heterocycles. The first-order chi connectivity index (χ1) is 9.26. The van der Waals surface area contributed by atoms with Crippen LogP contribution in [-0.4, -0.2) is 0 Å². The lowest BCUT2D eigenvalue weighted by Crippen LogP contribution is -2.35. The first-order valence-electron chi connectivity index (χ1n) is 9.26. The van der Waals surface area contributed by atoms with Crippen LogP contribution in [0, 0.1) is 35.0 Å². The standard InChI is InChI=1S/C20H42/c1-10-14-20(8,9)19(13-4)17(7)16(6)18(12-3)15(5)11-2/h15-19H,10-14H2,1-9H3. The van der Waals surface area contributed by atoms with Gasteiger partial charge in [0.25, 0.3) is 0 Å². The summed E-state index contributed by atoms with van der Waals surface area (Å²) in [7, 11) is 0. The Morgan fingerprint density at radius 3 is 1.65 bits per heavy atom. The first-order valence-corrected chi connectivity index (χ1v) is 9.26. The molecule has 0 amide bonds. The van der Waals surface area contributed by atoms with Crippen LogP contribution in [0.1, 0.15) is 94.4 Å². The average molecular weight is 283 g/mol. The Balaban J connectivity index is 5.02. The van der Waals surface area contributed by atoms with E-state index in [-0.39, 0.29) is 0 Å². The zero-order valence-electron chi connectivity index (χ0n) is 15.9. The molecule has 5 atom stereocenters. The van der Waals surface area contributed by atoms with E-state index in [1.165, 1.54) is 32.1 Å². The van der Waals surface area contributed by atoms with Gasteiger partial charge < -0.3 is 0 Å². The summed E-state index contributed by atoms with van der Waals surface area (Å²) >= 11 is 0. The van der Waals surface area contributed by atoms with Crippen LogP contribution in [-0.2, 0) is 0 Å². The molecule has 0 aromatic rings. The van der Waals surface area contributed by atoms with E-state index in [2.05, 4.69) is 62.3 Å². The van der Waals surface area contributed by atoms with Gasteiger partial charge in [-0.15, -0.1) is 0 Å². The quantitative estimate of drug-likeness (QED) is 0.398. The van der Waals surface area contributed by atoms with Gasteiger partial charge in [-0.25, -0.2) is 0 Å². The Morgan fingerprint density at radius 1 is 0.750 bits per heavy atom. The molecule has 0 aromatic heterocycles. The second-order valence-corrected chi connectivity index (χ2v) is 7.93. The summed E-state index contributed by atoms with van der Waals surface area (Å²) in [5.41, 5.74) is 0.491. The lowest BCUT2D eigenvalue weighted by Gasteiger charge is -2.43. The lowest BCUT2D eigenvalue weighted by atomic mass is 9.62. The highest BCUT2D eigenvalue weighted by Crippen LogP contribution is 2.44. The van der Waals surface area contributed by atoms with E-state index in [4.69, 9.17) is 0 Å². The van der Waals surface area contributed by atoms with E-state index in [0.29, 0.717) is 5.41 Å². The fourth-order valence-electron chi connectivity index (χ4n) is 4.82. The van der Waals surface area contributed by atoms with Crippen molar-refractivity contribution in [3.05, 3.63) is 0 Å². The fourth-order valence-corrected chi connectivity index (χ4v) is 4.82. The molecule has 0 aliphatic rings. The van der Waals surface area contributed by atoms with Crippen molar-refractivity contribution < 1.29 is 0 Å². The first kappa shape index (κ1) is 20.0. The molecule has 0 rings (SSSR count). The summed E-state index contributed by atoms with van der Waals surface area (Å²) in [5, 5.41) is 0. The van der Waals surface area contributed by atoms with E-state index < -0.39 is 0 Å². The van der Waals surface area contributed by atoms with E-state index in [1.807, 2.05) is 0 Å². The van der Waals surface area contributed by atoms with Crippen molar-refractivity contribution in [1.82, 2.24) is 0 Å². The van der Waals surface area contributed by atoms with E-state index in [9.17, 15) is 0 Å². The molecule has 0 fully saturated rings. The minimum atomic E-state index is 0.491. The average Bonchev–Trinajstić information content (AvgIpc) is 2.39. The molecule has 0 aliphatic heterocycles. The normalized spacial score (nSPS) is 20.2. The molecule has 0 saturated carbocycles. The van der Waals surface area contributed by atoms with Gasteiger partial charge in [0.1, 0.15) is 0 Å². The van der Waals surface area contributed by atoms with Crippen molar-refractivity contribution in [1.29, 1.82) is 0 Å². The van der Waals surface area contributed by atoms with Gasteiger partial charge >= 0.3 is 0 Å². The Labute approximate surface area is 130 Å². The van der Waals surface area contributed by atoms with Crippen molar-refractivity contribution in [3.63, 3.8) is 0 Å². The van der Waals surface area contributed by atoms with E-state index >= 15 is 0 Å². The van der Waals surface area contributed by atoms with Gasteiger partial charge in [0, 0.05) is 0 Å². The second kappa shape index (κ2) is 9.11. The summed E-state index contributed by atoms with van der Waals surface area (Å²) in [6, 6.07) is 0. The molecule has 0 aromatic carbocycles. The lowest BCUT2D eigenvalue weighted by molar-refractivity contribution is 0.0606. The minimum Gasteiger partial charge on any atom is -0.0654 e. The highest BCUT2D eigenvalue weighted by molar-refractivity contribution is 4.86. The Morgan fingerprint density at radius 2 is 1.30 bits per heavy atom. The van der Waals surface area contributed by atoms with Crippen LogP contribution in [0.5, 0.6) is 0 Å². The van der Waals surface area contributed by atoms with Gasteiger partial charge in [-0.2, -0.15) is 0 Å². The largest absolute Gasteiger partial charge is 0.0654 e. The van der Waals surface area contributed by atoms with Gasteiger partial charge in [-0.05, 0) is 41.4 Å². The van der Waals surface area contributed by atoms with E-state index in [1.54, 1.807) is 0 Å². The summed E-state index contributed by atoms with van der Waals surface area (Å²) < 4.78 is 0. The number of hydrogen-bond donors (Lipinski definition) is 0. The predicted octanol–water partition coefficient (Wildman–Crippen LogP) is 7.18. The molecule has 0 radical (unpaired) electrons. The molecular weight excluding hydrogens is 240 g/mol. The molecule has 0 heterocycles. The molecule has 0 nitrogen and oxygen atoms in total. The van der Waals surface area contributed by atoms with Gasteiger partial charge in [-0.3, -0.25) is 0 Å². The van der Waals surface area contributed by atoms with Crippen molar-refractivity contribution >= 4 is 0 Å². The van der Waals surface area contributed by atoms with Crippen LogP contribution in [0.4, 0.5) is 0 Å². The molecule has 0 bridgehead atoms. The van der Waals surface area contributed by atoms with Crippen molar-refractivity contribution in [2.75, 3.05) is 0 Å². The van der Waals surface area contributed by atoms with Gasteiger partial charge in [0.05, 0.1) is 0 Å². The minimum absolute atomic E-state index is 0.491. The smallest absolute Gasteiger partial charge is 0.0323 e. The third kappa shape index (κ3) is 5.08. The van der Waals surface area contributed by atoms with Gasteiger partial charge in [0.15, 0.2) is 0 Å². The van der Waals surface area contributed by atoms with Gasteiger partial charge in [-0.1, -0.05) is 88.0 Å². The second-order valence-electron chi connectivity index (χ2n) is 7.93. The SMILES string of the molecule is CCCC(C)(C)C(CC)C(C)C(C)C(CC)C(C)CC. The van der Waals surface area contributed by atoms with Crippen molar-refractivity contribution in [2.45, 2.75) is 94.4 Å². The summed E-state index contributed by atoms with van der Waals surface area (Å²) in [6.45, 7) is 22.0. The molecule has 122 valence electrons. The fraction of sp³-hybridized carbons (Fsp3) is 1.00. The molecule has 0 N–H and O–H groups in total. The molecule has 20 heavy (non-hydrogen) atoms. The topological polar surface area (TPSA) is 0 Å². The molecule has 0 heteroatoms. The third-order valence-corrected chi connectivity index (χ3v) is 6.32. The zero-order chi connectivity index (χ0) is 15.9. The van der Waals surface area contributed by atoms with Crippen LogP contribution in [0.25, 0.3) is 0 Å². The Kier molecular flexibility index (Phi) is 9.11. The Bertz CT molecular complexity index is 240. The molecule has 0 aliphatic carbocycles. The van der Waals surface area contributed by atoms with E-state index in [0.717, 1.165) is 29.6 Å². The zero-order valence-corrected chi connectivity index (χ0v) is 15.9. The Hall–Kier alpha value is 0. The third-order valence-electron chi connectivity index (χ3n) is 6.32. The maximum absolute atomic E-state index is 2.53. The monoisotopic (exact) mass is 282 g/mol. The molecular formula is C20H42. The van der Waals surface area contributed by atoms with Crippen LogP contribution >= 0.6 is 0 Å². The van der Waals surface area contributed by atoms with Crippen molar-refractivity contribution in [2.24, 2.45) is 35.0 Å². The molecule has 0 spiro atoms. The highest BCUT2D eigenvalue weighted by atomic mass is 14.4. The predicted molar refractivity (Wildman–Crippen MR) is 94.0 cm³/mol. The van der Waals surface area contributed by atoms with Crippen molar-refractivity contribution in [3.8, 4) is 0 Å². The maximum atomic E-state index is 2.53. The molecule has 5 unspecified atom stereocenters. The number of hydrogen-bond acceptors (Lipinski definition) is 0. The van der Waals surface area contributed by atoms with Crippen LogP contribution in [0.3, 0.4) is 0 Å². The number of rotatable bonds is 10. The summed E-state index contributed by atoms with van der Waals surface area (Å²) in [6.07, 6.45) is 6.67. The van der Waals surface area contributed by atoms with Crippen LogP contribution in [0.2, 0.25) is 0 Å². The van der Waals surface area contributed by atoms with Crippen LogP contribution < -0.4 is 0 Å². The highest BCUT2D eigenvalue weighted by Gasteiger charge is 2.36.